The lowest BCUT2D eigenvalue weighted by Crippen LogP contribution is -2.41. The zero-order valence-electron chi connectivity index (χ0n) is 12.5. The number of nitrogens with two attached hydrogens (primary N) is 1. The predicted molar refractivity (Wildman–Crippen MR) is 83.4 cm³/mol. The van der Waals surface area contributed by atoms with Crippen molar-refractivity contribution in [3.05, 3.63) is 23.8 Å². The molecule has 2 aliphatic heterocycles. The van der Waals surface area contributed by atoms with E-state index >= 15 is 0 Å². The highest BCUT2D eigenvalue weighted by Gasteiger charge is 2.35. The monoisotopic (exact) mass is 289 g/mol. The van der Waals surface area contributed by atoms with Crippen molar-refractivity contribution in [3.8, 4) is 0 Å². The minimum atomic E-state index is -0.387. The van der Waals surface area contributed by atoms with Gasteiger partial charge in [0.15, 0.2) is 0 Å². The Balaban J connectivity index is 1.74. The summed E-state index contributed by atoms with van der Waals surface area (Å²) in [6, 6.07) is 6.58. The number of esters is 1. The molecule has 3 N–H and O–H groups in total. The average molecular weight is 289 g/mol. The third-order valence-corrected chi connectivity index (χ3v) is 4.67. The van der Waals surface area contributed by atoms with Crippen molar-refractivity contribution in [1.29, 1.82) is 0 Å². The van der Waals surface area contributed by atoms with Crippen LogP contribution in [0.1, 0.15) is 36.0 Å². The number of benzene rings is 1. The number of hydrogen-bond acceptors (Lipinski definition) is 5. The Morgan fingerprint density at radius 1 is 1.33 bits per heavy atom. The van der Waals surface area contributed by atoms with Gasteiger partial charge < -0.3 is 15.8 Å². The summed E-state index contributed by atoms with van der Waals surface area (Å²) in [6.07, 6.45) is 5.05. The van der Waals surface area contributed by atoms with Crippen LogP contribution in [0.2, 0.25) is 0 Å². The van der Waals surface area contributed by atoms with Crippen LogP contribution in [0.5, 0.6) is 0 Å². The number of piperidine rings is 1. The molecular weight excluding hydrogens is 266 g/mol. The van der Waals surface area contributed by atoms with E-state index in [1.807, 2.05) is 6.07 Å². The van der Waals surface area contributed by atoms with Crippen LogP contribution in [0, 0.1) is 0 Å². The van der Waals surface area contributed by atoms with Gasteiger partial charge in [0.1, 0.15) is 0 Å². The quantitative estimate of drug-likeness (QED) is 0.659. The van der Waals surface area contributed by atoms with Gasteiger partial charge in [0.05, 0.1) is 12.7 Å². The molecular formula is C16H23N3O2. The third kappa shape index (κ3) is 2.83. The third-order valence-electron chi connectivity index (χ3n) is 4.67. The molecule has 21 heavy (non-hydrogen) atoms. The zero-order valence-corrected chi connectivity index (χ0v) is 12.5. The zero-order chi connectivity index (χ0) is 14.8. The Kier molecular flexibility index (Phi) is 4.01. The number of ether oxygens (including phenoxy) is 1. The fourth-order valence-electron chi connectivity index (χ4n) is 3.56. The molecule has 2 aliphatic rings. The normalized spacial score (nSPS) is 25.4. The van der Waals surface area contributed by atoms with E-state index in [0.717, 1.165) is 12.1 Å². The number of nitrogen functional groups attached to an aromatic ring is 1. The molecule has 0 spiro atoms. The number of methoxy groups -OCH3 is 1. The second-order valence-electron chi connectivity index (χ2n) is 5.93. The highest BCUT2D eigenvalue weighted by Crippen LogP contribution is 2.30. The van der Waals surface area contributed by atoms with Gasteiger partial charge in [-0.3, -0.25) is 4.90 Å². The van der Waals surface area contributed by atoms with Crippen LogP contribution in [0.15, 0.2) is 18.2 Å². The number of fused-ring (bicyclic) bond motifs is 1. The molecule has 5 heteroatoms. The van der Waals surface area contributed by atoms with Gasteiger partial charge in [-0.25, -0.2) is 4.79 Å². The Bertz CT molecular complexity index is 532. The van der Waals surface area contributed by atoms with E-state index in [0.29, 0.717) is 23.3 Å². The summed E-state index contributed by atoms with van der Waals surface area (Å²) in [5.41, 5.74) is 7.68. The molecule has 0 bridgehead atoms. The van der Waals surface area contributed by atoms with Crippen molar-refractivity contribution in [3.63, 3.8) is 0 Å². The number of carbonyl (C=O) groups is 1. The number of anilines is 2. The molecule has 0 aliphatic carbocycles. The molecule has 2 saturated heterocycles. The van der Waals surface area contributed by atoms with Crippen LogP contribution in [0.3, 0.4) is 0 Å². The fourth-order valence-corrected chi connectivity index (χ4v) is 3.56. The molecule has 1 aromatic carbocycles. The van der Waals surface area contributed by atoms with Crippen LogP contribution in [-0.4, -0.2) is 43.2 Å². The first kappa shape index (κ1) is 14.2. The number of carbonyl (C=O) groups excluding carboxylic acids is 1. The lowest BCUT2D eigenvalue weighted by atomic mass is 9.98. The van der Waals surface area contributed by atoms with Crippen LogP contribution >= 0.6 is 0 Å². The van der Waals surface area contributed by atoms with Crippen LogP contribution in [0.4, 0.5) is 11.4 Å². The lowest BCUT2D eigenvalue weighted by Gasteiger charge is -2.33. The minimum absolute atomic E-state index is 0.387. The maximum atomic E-state index is 11.7. The van der Waals surface area contributed by atoms with E-state index < -0.39 is 0 Å². The van der Waals surface area contributed by atoms with E-state index in [4.69, 9.17) is 10.5 Å². The number of nitrogens with one attached hydrogen (secondary N) is 1. The maximum absolute atomic E-state index is 11.7. The molecule has 0 saturated carbocycles. The summed E-state index contributed by atoms with van der Waals surface area (Å²) in [4.78, 5) is 14.3. The Labute approximate surface area is 125 Å². The van der Waals surface area contributed by atoms with E-state index in [9.17, 15) is 4.79 Å². The van der Waals surface area contributed by atoms with E-state index in [1.54, 1.807) is 12.1 Å². The van der Waals surface area contributed by atoms with Crippen molar-refractivity contribution in [1.82, 2.24) is 4.90 Å². The summed E-state index contributed by atoms with van der Waals surface area (Å²) in [5, 5.41) is 3.58. The van der Waals surface area contributed by atoms with Crippen LogP contribution in [-0.2, 0) is 4.74 Å². The van der Waals surface area contributed by atoms with E-state index in [-0.39, 0.29) is 5.97 Å². The van der Waals surface area contributed by atoms with Gasteiger partial charge in [0, 0.05) is 30.0 Å². The van der Waals surface area contributed by atoms with Crippen molar-refractivity contribution < 1.29 is 9.53 Å². The largest absolute Gasteiger partial charge is 0.465 e. The van der Waals surface area contributed by atoms with Crippen molar-refractivity contribution >= 4 is 17.3 Å². The molecule has 0 amide bonds. The second kappa shape index (κ2) is 5.93. The van der Waals surface area contributed by atoms with Gasteiger partial charge in [-0.1, -0.05) is 6.42 Å². The van der Waals surface area contributed by atoms with E-state index in [1.165, 1.54) is 39.5 Å². The smallest absolute Gasteiger partial charge is 0.340 e. The van der Waals surface area contributed by atoms with Crippen molar-refractivity contribution in [2.45, 2.75) is 37.8 Å². The Morgan fingerprint density at radius 2 is 2.19 bits per heavy atom. The minimum Gasteiger partial charge on any atom is -0.465 e. The lowest BCUT2D eigenvalue weighted by molar-refractivity contribution is 0.0602. The topological polar surface area (TPSA) is 67.6 Å². The molecule has 0 aromatic heterocycles. The van der Waals surface area contributed by atoms with Gasteiger partial charge >= 0.3 is 5.97 Å². The summed E-state index contributed by atoms with van der Waals surface area (Å²) >= 11 is 0. The summed E-state index contributed by atoms with van der Waals surface area (Å²) in [7, 11) is 1.37. The fraction of sp³-hybridized carbons (Fsp3) is 0.562. The summed E-state index contributed by atoms with van der Waals surface area (Å²) in [6.45, 7) is 2.39. The molecule has 5 nitrogen and oxygen atoms in total. The molecule has 2 fully saturated rings. The van der Waals surface area contributed by atoms with Gasteiger partial charge in [-0.05, 0) is 44.0 Å². The van der Waals surface area contributed by atoms with Crippen LogP contribution in [0.25, 0.3) is 0 Å². The first-order chi connectivity index (χ1) is 10.2. The van der Waals surface area contributed by atoms with Gasteiger partial charge in [-0.2, -0.15) is 0 Å². The SMILES string of the molecule is COC(=O)c1cc(NC2CCN3CCCCC23)ccc1N. The van der Waals surface area contributed by atoms with E-state index in [2.05, 4.69) is 10.2 Å². The number of rotatable bonds is 3. The molecule has 3 rings (SSSR count). The molecule has 2 atom stereocenters. The highest BCUT2D eigenvalue weighted by molar-refractivity contribution is 5.96. The molecule has 0 radical (unpaired) electrons. The molecule has 1 aromatic rings. The van der Waals surface area contributed by atoms with Crippen LogP contribution < -0.4 is 11.1 Å². The second-order valence-corrected chi connectivity index (χ2v) is 5.93. The molecule has 2 unspecified atom stereocenters. The summed E-state index contributed by atoms with van der Waals surface area (Å²) in [5.74, 6) is -0.387. The summed E-state index contributed by atoms with van der Waals surface area (Å²) < 4.78 is 4.77. The standard InChI is InChI=1S/C16H23N3O2/c1-21-16(20)12-10-11(5-6-13(12)17)18-14-7-9-19-8-3-2-4-15(14)19/h5-6,10,14-15,18H,2-4,7-9,17H2,1H3. The van der Waals surface area contributed by atoms with Crippen molar-refractivity contribution in [2.24, 2.45) is 0 Å². The van der Waals surface area contributed by atoms with Gasteiger partial charge in [-0.15, -0.1) is 0 Å². The maximum Gasteiger partial charge on any atom is 0.340 e. The predicted octanol–water partition coefficient (Wildman–Crippen LogP) is 2.09. The molecule has 2 heterocycles. The highest BCUT2D eigenvalue weighted by atomic mass is 16.5. The van der Waals surface area contributed by atoms with Gasteiger partial charge in [0.2, 0.25) is 0 Å². The molecule has 114 valence electrons. The van der Waals surface area contributed by atoms with Crippen molar-refractivity contribution in [2.75, 3.05) is 31.2 Å². The first-order valence-electron chi connectivity index (χ1n) is 7.67. The Hall–Kier alpha value is -1.75. The number of nitrogens with zero attached hydrogens (tertiary/aromatic N) is 1. The average Bonchev–Trinajstić information content (AvgIpc) is 2.92. The first-order valence-corrected chi connectivity index (χ1v) is 7.67. The Morgan fingerprint density at radius 3 is 3.00 bits per heavy atom. The number of hydrogen-bond donors (Lipinski definition) is 2. The van der Waals surface area contributed by atoms with Gasteiger partial charge in [0.25, 0.3) is 0 Å².